The van der Waals surface area contributed by atoms with Gasteiger partial charge in [-0.2, -0.15) is 0 Å². The number of piperidine rings is 1. The largest absolute Gasteiger partial charge is 0.493 e. The number of aromatic nitrogens is 2. The van der Waals surface area contributed by atoms with E-state index in [0.717, 1.165) is 35.3 Å². The molecule has 0 unspecified atom stereocenters. The Hall–Kier alpha value is -4.05. The van der Waals surface area contributed by atoms with Crippen LogP contribution in [0.2, 0.25) is 5.02 Å². The third-order valence-corrected chi connectivity index (χ3v) is 7.59. The molecule has 0 saturated carbocycles. The SMILES string of the molecule is COc1ccc(Nc2ncc3c(n2)-c2ccc(Cl)cc2N(CC2CCN(C(=O)OC(C)(C)C)CC2)C(=O)C3)cc1OC. The predicted octanol–water partition coefficient (Wildman–Crippen LogP) is 6.09. The highest BCUT2D eigenvalue weighted by molar-refractivity contribution is 6.31. The minimum Gasteiger partial charge on any atom is -0.493 e. The van der Waals surface area contributed by atoms with Crippen molar-refractivity contribution in [3.63, 3.8) is 0 Å². The van der Waals surface area contributed by atoms with Gasteiger partial charge >= 0.3 is 6.09 Å². The van der Waals surface area contributed by atoms with E-state index in [0.29, 0.717) is 47.8 Å². The molecule has 42 heavy (non-hydrogen) atoms. The molecule has 0 atom stereocenters. The summed E-state index contributed by atoms with van der Waals surface area (Å²) in [4.78, 5) is 39.1. The first-order chi connectivity index (χ1) is 20.0. The minimum atomic E-state index is -0.538. The maximum Gasteiger partial charge on any atom is 0.410 e. The number of hydrogen-bond donors (Lipinski definition) is 1. The van der Waals surface area contributed by atoms with Crippen LogP contribution in [0.1, 0.15) is 39.2 Å². The zero-order chi connectivity index (χ0) is 30.0. The van der Waals surface area contributed by atoms with Gasteiger partial charge in [0.05, 0.1) is 32.0 Å². The zero-order valence-electron chi connectivity index (χ0n) is 24.6. The number of fused-ring (bicyclic) bond motifs is 3. The van der Waals surface area contributed by atoms with Crippen molar-refractivity contribution in [1.29, 1.82) is 0 Å². The molecular weight excluding hydrogens is 558 g/mol. The molecule has 0 spiro atoms. The van der Waals surface area contributed by atoms with Gasteiger partial charge in [0.25, 0.3) is 0 Å². The average Bonchev–Trinajstić information content (AvgIpc) is 3.06. The third-order valence-electron chi connectivity index (χ3n) is 7.36. The Morgan fingerprint density at radius 1 is 1.07 bits per heavy atom. The molecule has 5 rings (SSSR count). The highest BCUT2D eigenvalue weighted by atomic mass is 35.5. The van der Waals surface area contributed by atoms with Gasteiger partial charge in [-0.1, -0.05) is 11.6 Å². The van der Waals surface area contributed by atoms with Gasteiger partial charge in [-0.25, -0.2) is 14.8 Å². The number of halogens is 1. The van der Waals surface area contributed by atoms with Crippen LogP contribution in [0.15, 0.2) is 42.6 Å². The van der Waals surface area contributed by atoms with Gasteiger partial charge in [0, 0.05) is 53.7 Å². The maximum absolute atomic E-state index is 13.7. The second kappa shape index (κ2) is 12.1. The van der Waals surface area contributed by atoms with Crippen LogP contribution in [0.5, 0.6) is 11.5 Å². The van der Waals surface area contributed by atoms with Crippen molar-refractivity contribution < 1.29 is 23.8 Å². The number of methoxy groups -OCH3 is 2. The van der Waals surface area contributed by atoms with Crippen molar-refractivity contribution in [2.75, 3.05) is 44.1 Å². The van der Waals surface area contributed by atoms with Crippen LogP contribution in [0, 0.1) is 5.92 Å². The highest BCUT2D eigenvalue weighted by Crippen LogP contribution is 2.39. The van der Waals surface area contributed by atoms with E-state index in [9.17, 15) is 9.59 Å². The molecule has 1 aromatic heterocycles. The number of nitrogens with one attached hydrogen (secondary N) is 1. The lowest BCUT2D eigenvalue weighted by molar-refractivity contribution is -0.118. The van der Waals surface area contributed by atoms with Crippen LogP contribution in [-0.4, -0.2) is 66.3 Å². The molecule has 1 saturated heterocycles. The quantitative estimate of drug-likeness (QED) is 0.366. The van der Waals surface area contributed by atoms with Crippen molar-refractivity contribution in [3.05, 3.63) is 53.2 Å². The number of carbonyl (C=O) groups is 2. The molecule has 1 fully saturated rings. The van der Waals surface area contributed by atoms with E-state index in [1.807, 2.05) is 43.9 Å². The fraction of sp³-hybridized carbons (Fsp3) is 0.419. The lowest BCUT2D eigenvalue weighted by Crippen LogP contribution is -2.44. The van der Waals surface area contributed by atoms with Crippen molar-refractivity contribution in [2.45, 2.75) is 45.6 Å². The van der Waals surface area contributed by atoms with Crippen molar-refractivity contribution in [2.24, 2.45) is 5.92 Å². The summed E-state index contributed by atoms with van der Waals surface area (Å²) in [5.41, 5.74) is 3.14. The fourth-order valence-corrected chi connectivity index (χ4v) is 5.44. The molecular formula is C31H36ClN5O5. The molecule has 0 bridgehead atoms. The maximum atomic E-state index is 13.7. The molecule has 2 aliphatic heterocycles. The second-order valence-electron chi connectivity index (χ2n) is 11.5. The zero-order valence-corrected chi connectivity index (χ0v) is 25.3. The van der Waals surface area contributed by atoms with E-state index >= 15 is 0 Å². The van der Waals surface area contributed by atoms with Gasteiger partial charge in [-0.3, -0.25) is 4.79 Å². The number of anilines is 3. The van der Waals surface area contributed by atoms with E-state index in [2.05, 4.69) is 10.3 Å². The summed E-state index contributed by atoms with van der Waals surface area (Å²) in [7, 11) is 3.16. The number of ether oxygens (including phenoxy) is 3. The number of likely N-dealkylation sites (tertiary alicyclic amines) is 1. The Balaban J connectivity index is 1.38. The van der Waals surface area contributed by atoms with Crippen molar-refractivity contribution in [1.82, 2.24) is 14.9 Å². The van der Waals surface area contributed by atoms with Gasteiger partial charge < -0.3 is 29.3 Å². The topological polar surface area (TPSA) is 106 Å². The standard InChI is InChI=1S/C31H36ClN5O5/c1-31(2,3)42-30(39)36-12-10-19(11-13-36)18-37-24-15-21(32)6-8-23(24)28-20(14-27(37)38)17-33-29(35-28)34-22-7-9-25(40-4)26(16-22)41-5/h6-9,15-17,19H,10-14,18H2,1-5H3,(H,33,34,35). The summed E-state index contributed by atoms with van der Waals surface area (Å²) < 4.78 is 16.3. The Labute approximate surface area is 250 Å². The van der Waals surface area contributed by atoms with Crippen LogP contribution in [0.3, 0.4) is 0 Å². The number of nitrogens with zero attached hydrogens (tertiary/aromatic N) is 4. The molecule has 2 amide bonds. The second-order valence-corrected chi connectivity index (χ2v) is 12.0. The Morgan fingerprint density at radius 3 is 2.50 bits per heavy atom. The molecule has 222 valence electrons. The van der Waals surface area contributed by atoms with Gasteiger partial charge in [0.15, 0.2) is 11.5 Å². The lowest BCUT2D eigenvalue weighted by Gasteiger charge is -2.35. The van der Waals surface area contributed by atoms with Crippen LogP contribution in [0.25, 0.3) is 11.3 Å². The van der Waals surface area contributed by atoms with Gasteiger partial charge in [0.1, 0.15) is 5.60 Å². The molecule has 3 aromatic rings. The van der Waals surface area contributed by atoms with E-state index in [1.54, 1.807) is 43.5 Å². The molecule has 10 nitrogen and oxygen atoms in total. The average molecular weight is 594 g/mol. The molecule has 2 aliphatic rings. The first kappa shape index (κ1) is 29.4. The summed E-state index contributed by atoms with van der Waals surface area (Å²) >= 11 is 6.45. The molecule has 1 N–H and O–H groups in total. The van der Waals surface area contributed by atoms with Crippen LogP contribution in [0.4, 0.5) is 22.1 Å². The molecule has 0 radical (unpaired) electrons. The number of rotatable bonds is 6. The number of hydrogen-bond acceptors (Lipinski definition) is 8. The van der Waals surface area contributed by atoms with Crippen LogP contribution >= 0.6 is 11.6 Å². The van der Waals surface area contributed by atoms with Crippen LogP contribution in [-0.2, 0) is 16.0 Å². The Morgan fingerprint density at radius 2 is 1.81 bits per heavy atom. The minimum absolute atomic E-state index is 0.0453. The summed E-state index contributed by atoms with van der Waals surface area (Å²) in [6.07, 6.45) is 3.10. The summed E-state index contributed by atoms with van der Waals surface area (Å²) in [6, 6.07) is 11.0. The van der Waals surface area contributed by atoms with E-state index in [-0.39, 0.29) is 24.3 Å². The first-order valence-corrected chi connectivity index (χ1v) is 14.4. The van der Waals surface area contributed by atoms with Crippen molar-refractivity contribution in [3.8, 4) is 22.8 Å². The summed E-state index contributed by atoms with van der Waals surface area (Å²) in [6.45, 7) is 7.28. The van der Waals surface area contributed by atoms with Crippen LogP contribution < -0.4 is 19.7 Å². The Kier molecular flexibility index (Phi) is 8.45. The van der Waals surface area contributed by atoms with Gasteiger partial charge in [0.2, 0.25) is 11.9 Å². The summed E-state index contributed by atoms with van der Waals surface area (Å²) in [5.74, 6) is 1.75. The monoisotopic (exact) mass is 593 g/mol. The third kappa shape index (κ3) is 6.54. The van der Waals surface area contributed by atoms with E-state index in [1.165, 1.54) is 0 Å². The lowest BCUT2D eigenvalue weighted by atomic mass is 9.96. The normalized spacial score (nSPS) is 15.4. The molecule has 3 heterocycles. The Bertz CT molecular complexity index is 1480. The predicted molar refractivity (Wildman–Crippen MR) is 162 cm³/mol. The molecule has 11 heteroatoms. The summed E-state index contributed by atoms with van der Waals surface area (Å²) in [5, 5.41) is 3.77. The molecule has 2 aromatic carbocycles. The first-order valence-electron chi connectivity index (χ1n) is 14.0. The number of benzene rings is 2. The fourth-order valence-electron chi connectivity index (χ4n) is 5.28. The molecule has 0 aliphatic carbocycles. The van der Waals surface area contributed by atoms with Gasteiger partial charge in [-0.15, -0.1) is 0 Å². The van der Waals surface area contributed by atoms with E-state index < -0.39 is 5.60 Å². The van der Waals surface area contributed by atoms with Gasteiger partial charge in [-0.05, 0) is 69.9 Å². The highest BCUT2D eigenvalue weighted by Gasteiger charge is 2.32. The van der Waals surface area contributed by atoms with E-state index in [4.69, 9.17) is 30.8 Å². The number of amides is 2. The van der Waals surface area contributed by atoms with Crippen molar-refractivity contribution >= 4 is 40.9 Å². The smallest absolute Gasteiger partial charge is 0.410 e. The number of carbonyl (C=O) groups excluding carboxylic acids is 2.